The number of aromatic nitrogens is 3. The van der Waals surface area contributed by atoms with Gasteiger partial charge in [0.25, 0.3) is 0 Å². The van der Waals surface area contributed by atoms with Crippen molar-refractivity contribution in [1.82, 2.24) is 19.9 Å². The van der Waals surface area contributed by atoms with Crippen LogP contribution in [0.1, 0.15) is 88.7 Å². The topological polar surface area (TPSA) is 113 Å². The van der Waals surface area contributed by atoms with Crippen molar-refractivity contribution < 1.29 is 33.2 Å². The standard InChI is InChI=1S/C43H53F2N5O5/c1-4-29-32(44)9-8-27-20-28(51)21-30(34(27)29)36-35(45)37-31(22-46-36)38(49-17-19-54-26-43(52,5-2)23-49)48-39(47-37)55-25-42-12-6-11-40(42,3)50(16-7-13-42)33-10-14-41(33)15-18-53-24-41/h5,8-9,20-22,29,32-33,51-52H,2,4,6-7,10-19,23-26H2,1,3H3/t29?,32?,33?,40?,41?,42-,43+/m1/s1. The van der Waals surface area contributed by atoms with E-state index in [1.54, 1.807) is 12.1 Å². The Hall–Kier alpha value is -3.71. The summed E-state index contributed by atoms with van der Waals surface area (Å²) in [6.45, 7) is 12.2. The van der Waals surface area contributed by atoms with E-state index >= 15 is 8.78 Å². The molecule has 7 atom stereocenters. The number of β-amino-alcohol motifs (C(OH)–C–C–N with tert-alkyl or cyclic N) is 1. The van der Waals surface area contributed by atoms with Gasteiger partial charge in [0, 0.05) is 53.2 Å². The maximum atomic E-state index is 17.3. The van der Waals surface area contributed by atoms with Crippen LogP contribution in [0.5, 0.6) is 11.8 Å². The van der Waals surface area contributed by atoms with Crippen molar-refractivity contribution in [3.8, 4) is 23.0 Å². The zero-order valence-corrected chi connectivity index (χ0v) is 32.0. The molecule has 294 valence electrons. The minimum absolute atomic E-state index is 0.000182. The molecule has 3 aliphatic carbocycles. The Labute approximate surface area is 321 Å². The first-order valence-electron chi connectivity index (χ1n) is 20.2. The summed E-state index contributed by atoms with van der Waals surface area (Å²) < 4.78 is 51.0. The van der Waals surface area contributed by atoms with Crippen LogP contribution in [0.4, 0.5) is 14.6 Å². The van der Waals surface area contributed by atoms with Crippen LogP contribution < -0.4 is 9.64 Å². The van der Waals surface area contributed by atoms with Crippen molar-refractivity contribution in [3.05, 3.63) is 54.0 Å². The third-order valence-corrected chi connectivity index (χ3v) is 14.5. The summed E-state index contributed by atoms with van der Waals surface area (Å²) in [5.74, 6) is -0.951. The molecule has 2 aromatic heterocycles. The molecule has 9 rings (SSSR count). The van der Waals surface area contributed by atoms with Gasteiger partial charge in [0.1, 0.15) is 34.6 Å². The van der Waals surface area contributed by atoms with Gasteiger partial charge in [0.15, 0.2) is 5.82 Å². The Kier molecular flexibility index (Phi) is 9.22. The maximum absolute atomic E-state index is 17.3. The molecule has 1 spiro atoms. The Balaban J connectivity index is 1.13. The molecular weight excluding hydrogens is 704 g/mol. The number of hydrogen-bond donors (Lipinski definition) is 2. The number of alkyl halides is 1. The number of nitrogens with zero attached hydrogens (tertiary/aromatic N) is 5. The molecule has 3 aliphatic heterocycles. The van der Waals surface area contributed by atoms with E-state index in [1.807, 2.05) is 11.8 Å². The van der Waals surface area contributed by atoms with Gasteiger partial charge in [-0.3, -0.25) is 9.88 Å². The number of fused-ring (bicyclic) bond motifs is 3. The second-order valence-electron chi connectivity index (χ2n) is 17.3. The third-order valence-electron chi connectivity index (χ3n) is 14.5. The van der Waals surface area contributed by atoms with E-state index in [2.05, 4.69) is 23.4 Å². The molecule has 12 heteroatoms. The van der Waals surface area contributed by atoms with Gasteiger partial charge in [0.2, 0.25) is 0 Å². The van der Waals surface area contributed by atoms with Crippen LogP contribution in [0.15, 0.2) is 37.1 Å². The summed E-state index contributed by atoms with van der Waals surface area (Å²) in [6.07, 6.45) is 14.2. The van der Waals surface area contributed by atoms with Crippen molar-refractivity contribution in [2.45, 2.75) is 101 Å². The van der Waals surface area contributed by atoms with E-state index in [0.29, 0.717) is 60.1 Å². The number of allylic oxidation sites excluding steroid dienone is 1. The van der Waals surface area contributed by atoms with Gasteiger partial charge >= 0.3 is 6.01 Å². The summed E-state index contributed by atoms with van der Waals surface area (Å²) in [7, 11) is 0. The molecule has 0 bridgehead atoms. The highest BCUT2D eigenvalue weighted by molar-refractivity contribution is 5.92. The predicted octanol–water partition coefficient (Wildman–Crippen LogP) is 7.12. The van der Waals surface area contributed by atoms with Crippen molar-refractivity contribution in [3.63, 3.8) is 0 Å². The summed E-state index contributed by atoms with van der Waals surface area (Å²) in [6, 6.07) is 3.59. The fourth-order valence-corrected chi connectivity index (χ4v) is 11.3. The molecule has 2 saturated carbocycles. The van der Waals surface area contributed by atoms with E-state index in [4.69, 9.17) is 24.2 Å². The van der Waals surface area contributed by atoms with Gasteiger partial charge in [-0.2, -0.15) is 9.97 Å². The highest BCUT2D eigenvalue weighted by atomic mass is 19.1. The number of pyridine rings is 1. The largest absolute Gasteiger partial charge is 0.508 e. The number of aliphatic hydroxyl groups is 1. The third kappa shape index (κ3) is 5.87. The van der Waals surface area contributed by atoms with Crippen molar-refractivity contribution >= 4 is 22.8 Å². The molecule has 6 aliphatic rings. The van der Waals surface area contributed by atoms with E-state index in [-0.39, 0.29) is 52.5 Å². The van der Waals surface area contributed by atoms with E-state index in [1.165, 1.54) is 37.3 Å². The first-order valence-corrected chi connectivity index (χ1v) is 20.2. The predicted molar refractivity (Wildman–Crippen MR) is 207 cm³/mol. The van der Waals surface area contributed by atoms with Crippen molar-refractivity contribution in [2.24, 2.45) is 10.8 Å². The number of rotatable bonds is 8. The van der Waals surface area contributed by atoms with E-state index in [0.717, 1.165) is 58.3 Å². The summed E-state index contributed by atoms with van der Waals surface area (Å²) in [5, 5.41) is 22.4. The lowest BCUT2D eigenvalue weighted by molar-refractivity contribution is -0.145. The van der Waals surface area contributed by atoms with Crippen molar-refractivity contribution in [1.29, 1.82) is 0 Å². The first kappa shape index (κ1) is 36.9. The molecular formula is C43H53F2N5O5. The highest BCUT2D eigenvalue weighted by Gasteiger charge is 2.63. The van der Waals surface area contributed by atoms with Crippen molar-refractivity contribution in [2.75, 3.05) is 57.6 Å². The lowest BCUT2D eigenvalue weighted by Crippen LogP contribution is -2.69. The number of anilines is 1. The molecule has 3 saturated heterocycles. The van der Waals surface area contributed by atoms with Crippen LogP contribution in [-0.4, -0.2) is 106 Å². The Morgan fingerprint density at radius 3 is 2.67 bits per heavy atom. The van der Waals surface area contributed by atoms with Gasteiger partial charge in [0.05, 0.1) is 38.4 Å². The number of hydrogen-bond acceptors (Lipinski definition) is 10. The van der Waals surface area contributed by atoms with Gasteiger partial charge in [-0.25, -0.2) is 8.78 Å². The normalized spacial score (nSPS) is 34.7. The van der Waals surface area contributed by atoms with Crippen LogP contribution in [0, 0.1) is 16.6 Å². The minimum Gasteiger partial charge on any atom is -0.508 e. The number of benzene rings is 1. The Morgan fingerprint density at radius 2 is 1.91 bits per heavy atom. The van der Waals surface area contributed by atoms with E-state index < -0.39 is 23.5 Å². The SMILES string of the molecule is C=C[C@@]1(O)COCCN(c2nc(OC[C@@]34CCCN(C5CCC56CCOC6)C3(C)CCC4)nc3c(F)c(-c4cc(O)cc5c4C(CC)C(F)C=C5)ncc23)C1. The number of piperidine rings is 1. The van der Waals surface area contributed by atoms with Gasteiger partial charge in [-0.15, -0.1) is 6.58 Å². The molecule has 10 nitrogen and oxygen atoms in total. The average Bonchev–Trinajstić information content (AvgIpc) is 3.77. The van der Waals surface area contributed by atoms with Crippen LogP contribution >= 0.6 is 0 Å². The first-order chi connectivity index (χ1) is 26.5. The fourth-order valence-electron chi connectivity index (χ4n) is 11.3. The average molecular weight is 758 g/mol. The molecule has 55 heavy (non-hydrogen) atoms. The smallest absolute Gasteiger partial charge is 0.319 e. The van der Waals surface area contributed by atoms with E-state index in [9.17, 15) is 10.2 Å². The number of aromatic hydroxyl groups is 1. The molecule has 0 amide bonds. The quantitative estimate of drug-likeness (QED) is 0.231. The summed E-state index contributed by atoms with van der Waals surface area (Å²) in [5.41, 5.74) is 0.214. The molecule has 3 aromatic rings. The van der Waals surface area contributed by atoms with Crippen LogP contribution in [0.25, 0.3) is 28.2 Å². The molecule has 5 unspecified atom stereocenters. The zero-order chi connectivity index (χ0) is 38.2. The fraction of sp³-hybridized carbons (Fsp3) is 0.605. The molecule has 0 radical (unpaired) electrons. The number of ether oxygens (including phenoxy) is 3. The molecule has 5 heterocycles. The van der Waals surface area contributed by atoms with Gasteiger partial charge in [-0.1, -0.05) is 25.5 Å². The highest BCUT2D eigenvalue weighted by Crippen LogP contribution is 2.60. The van der Waals surface area contributed by atoms with Crippen LogP contribution in [0.2, 0.25) is 0 Å². The van der Waals surface area contributed by atoms with Crippen LogP contribution in [-0.2, 0) is 9.47 Å². The molecule has 1 aromatic carbocycles. The Bertz CT molecular complexity index is 2020. The monoisotopic (exact) mass is 757 g/mol. The van der Waals surface area contributed by atoms with Gasteiger partial charge in [-0.05, 0) is 94.2 Å². The molecule has 5 fully saturated rings. The lowest BCUT2D eigenvalue weighted by atomic mass is 9.59. The van der Waals surface area contributed by atoms with Gasteiger partial charge < -0.3 is 29.3 Å². The summed E-state index contributed by atoms with van der Waals surface area (Å²) in [4.78, 5) is 19.0. The second-order valence-corrected chi connectivity index (χ2v) is 17.3. The number of phenolic OH excluding ortho intramolecular Hbond substituents is 1. The minimum atomic E-state index is -1.37. The maximum Gasteiger partial charge on any atom is 0.319 e. The Morgan fingerprint density at radius 1 is 1.07 bits per heavy atom. The second kappa shape index (κ2) is 13.7. The van der Waals surface area contributed by atoms with Crippen LogP contribution in [0.3, 0.4) is 0 Å². The number of halogens is 2. The zero-order valence-electron chi connectivity index (χ0n) is 32.0. The lowest BCUT2D eigenvalue weighted by Gasteiger charge is -2.63. The molecule has 2 N–H and O–H groups in total. The summed E-state index contributed by atoms with van der Waals surface area (Å²) >= 11 is 0. The number of likely N-dealkylation sites (tertiary alicyclic amines) is 1. The number of phenols is 1.